The fourth-order valence-corrected chi connectivity index (χ4v) is 2.20. The van der Waals surface area contributed by atoms with Crippen LogP contribution in [0.15, 0.2) is 46.9 Å². The van der Waals surface area contributed by atoms with Crippen LogP contribution in [-0.4, -0.2) is 12.5 Å². The van der Waals surface area contributed by atoms with E-state index in [1.165, 1.54) is 0 Å². The van der Waals surface area contributed by atoms with Crippen LogP contribution in [0.2, 0.25) is 0 Å². The molecule has 2 aromatic rings. The number of nitrogens with two attached hydrogens (primary N) is 1. The summed E-state index contributed by atoms with van der Waals surface area (Å²) in [5, 5.41) is 2.82. The molecule has 0 aliphatic carbocycles. The van der Waals surface area contributed by atoms with Gasteiger partial charge < -0.3 is 15.8 Å². The van der Waals surface area contributed by atoms with E-state index in [2.05, 4.69) is 21.2 Å². The number of anilines is 2. The second-order valence-electron chi connectivity index (χ2n) is 4.12. The maximum absolute atomic E-state index is 12.3. The van der Waals surface area contributed by atoms with Crippen LogP contribution >= 0.6 is 15.9 Å². The van der Waals surface area contributed by atoms with E-state index >= 15 is 0 Å². The van der Waals surface area contributed by atoms with E-state index in [-0.39, 0.29) is 5.91 Å². The summed E-state index contributed by atoms with van der Waals surface area (Å²) in [7, 11) is 0. The molecule has 0 atom stereocenters. The van der Waals surface area contributed by atoms with Crippen molar-refractivity contribution in [3.63, 3.8) is 0 Å². The number of hydrogen-bond donors (Lipinski definition) is 2. The van der Waals surface area contributed by atoms with Gasteiger partial charge >= 0.3 is 0 Å². The zero-order valence-corrected chi connectivity index (χ0v) is 12.6. The van der Waals surface area contributed by atoms with Crippen LogP contribution in [0.25, 0.3) is 0 Å². The van der Waals surface area contributed by atoms with Gasteiger partial charge in [0.25, 0.3) is 5.91 Å². The van der Waals surface area contributed by atoms with Gasteiger partial charge in [0.15, 0.2) is 5.75 Å². The summed E-state index contributed by atoms with van der Waals surface area (Å²) in [4.78, 5) is 12.3. The van der Waals surface area contributed by atoms with Crippen molar-refractivity contribution in [3.05, 3.63) is 52.5 Å². The molecular formula is C15H15BrN2O2. The van der Waals surface area contributed by atoms with E-state index in [1.807, 2.05) is 31.2 Å². The number of amides is 1. The Hall–Kier alpha value is -2.01. The Morgan fingerprint density at radius 2 is 2.05 bits per heavy atom. The molecule has 104 valence electrons. The first-order valence-electron chi connectivity index (χ1n) is 6.20. The third kappa shape index (κ3) is 3.30. The summed E-state index contributed by atoms with van der Waals surface area (Å²) in [5.74, 6) is 0.168. The SMILES string of the molecule is CCOc1c(N)cccc1C(=O)Nc1cccc(Br)c1. The smallest absolute Gasteiger partial charge is 0.259 e. The second-order valence-corrected chi connectivity index (χ2v) is 5.04. The van der Waals surface area contributed by atoms with Crippen LogP contribution in [0.4, 0.5) is 11.4 Å². The first-order chi connectivity index (χ1) is 9.61. The molecule has 0 fully saturated rings. The largest absolute Gasteiger partial charge is 0.491 e. The third-order valence-electron chi connectivity index (χ3n) is 2.66. The zero-order valence-electron chi connectivity index (χ0n) is 11.0. The lowest BCUT2D eigenvalue weighted by Crippen LogP contribution is -2.14. The average molecular weight is 335 g/mol. The van der Waals surface area contributed by atoms with Gasteiger partial charge in [-0.2, -0.15) is 0 Å². The van der Waals surface area contributed by atoms with Crippen LogP contribution < -0.4 is 15.8 Å². The second kappa shape index (κ2) is 6.43. The van der Waals surface area contributed by atoms with Crippen LogP contribution in [0.3, 0.4) is 0 Å². The highest BCUT2D eigenvalue weighted by molar-refractivity contribution is 9.10. The summed E-state index contributed by atoms with van der Waals surface area (Å²) in [6.45, 7) is 2.30. The van der Waals surface area contributed by atoms with Crippen molar-refractivity contribution in [1.29, 1.82) is 0 Å². The highest BCUT2D eigenvalue weighted by atomic mass is 79.9. The number of para-hydroxylation sites is 1. The number of carbonyl (C=O) groups is 1. The summed E-state index contributed by atoms with van der Waals surface area (Å²) in [6.07, 6.45) is 0. The fourth-order valence-electron chi connectivity index (χ4n) is 1.80. The maximum atomic E-state index is 12.3. The van der Waals surface area contributed by atoms with E-state index in [1.54, 1.807) is 18.2 Å². The lowest BCUT2D eigenvalue weighted by atomic mass is 10.1. The number of benzene rings is 2. The number of ether oxygens (including phenoxy) is 1. The van der Waals surface area contributed by atoms with E-state index in [9.17, 15) is 4.79 Å². The standard InChI is InChI=1S/C15H15BrN2O2/c1-2-20-14-12(7-4-8-13(14)17)15(19)18-11-6-3-5-10(16)9-11/h3-9H,2,17H2,1H3,(H,18,19). The van der Waals surface area contributed by atoms with Gasteiger partial charge in [0.2, 0.25) is 0 Å². The molecule has 5 heteroatoms. The normalized spacial score (nSPS) is 10.1. The molecule has 0 saturated heterocycles. The first kappa shape index (κ1) is 14.4. The zero-order chi connectivity index (χ0) is 14.5. The molecule has 1 amide bonds. The van der Waals surface area contributed by atoms with Crippen LogP contribution in [-0.2, 0) is 0 Å². The monoisotopic (exact) mass is 334 g/mol. The molecule has 0 radical (unpaired) electrons. The van der Waals surface area contributed by atoms with Gasteiger partial charge in [0.1, 0.15) is 0 Å². The molecule has 0 aliphatic rings. The molecule has 0 aromatic heterocycles. The number of halogens is 1. The molecule has 0 heterocycles. The number of hydrogen-bond acceptors (Lipinski definition) is 3. The van der Waals surface area contributed by atoms with Crippen LogP contribution in [0, 0.1) is 0 Å². The Morgan fingerprint density at radius 1 is 1.30 bits per heavy atom. The topological polar surface area (TPSA) is 64.3 Å². The fraction of sp³-hybridized carbons (Fsp3) is 0.133. The van der Waals surface area contributed by atoms with Gasteiger partial charge in [-0.3, -0.25) is 4.79 Å². The van der Waals surface area contributed by atoms with Crippen molar-refractivity contribution in [2.24, 2.45) is 0 Å². The van der Waals surface area contributed by atoms with Crippen molar-refractivity contribution < 1.29 is 9.53 Å². The first-order valence-corrected chi connectivity index (χ1v) is 6.99. The molecule has 3 N–H and O–H groups in total. The summed E-state index contributed by atoms with van der Waals surface area (Å²) < 4.78 is 6.35. The lowest BCUT2D eigenvalue weighted by molar-refractivity contribution is 0.102. The summed E-state index contributed by atoms with van der Waals surface area (Å²) in [5.41, 5.74) is 7.43. The summed E-state index contributed by atoms with van der Waals surface area (Å²) >= 11 is 3.36. The van der Waals surface area contributed by atoms with Gasteiger partial charge in [-0.15, -0.1) is 0 Å². The van der Waals surface area contributed by atoms with Crippen molar-refractivity contribution in [3.8, 4) is 5.75 Å². The van der Waals surface area contributed by atoms with Crippen molar-refractivity contribution in [2.45, 2.75) is 6.92 Å². The van der Waals surface area contributed by atoms with Crippen LogP contribution in [0.5, 0.6) is 5.75 Å². The van der Waals surface area contributed by atoms with Crippen molar-refractivity contribution in [2.75, 3.05) is 17.7 Å². The molecule has 4 nitrogen and oxygen atoms in total. The third-order valence-corrected chi connectivity index (χ3v) is 3.15. The Kier molecular flexibility index (Phi) is 4.63. The maximum Gasteiger partial charge on any atom is 0.259 e. The number of carbonyl (C=O) groups excluding carboxylic acids is 1. The minimum absolute atomic E-state index is 0.251. The van der Waals surface area contributed by atoms with Gasteiger partial charge in [-0.25, -0.2) is 0 Å². The van der Waals surface area contributed by atoms with Gasteiger partial charge in [-0.1, -0.05) is 28.1 Å². The average Bonchev–Trinajstić information content (AvgIpc) is 2.41. The predicted octanol–water partition coefficient (Wildman–Crippen LogP) is 3.68. The Bertz CT molecular complexity index is 629. The van der Waals surface area contributed by atoms with Gasteiger partial charge in [0, 0.05) is 10.2 Å². The quantitative estimate of drug-likeness (QED) is 0.838. The molecule has 0 spiro atoms. The van der Waals surface area contributed by atoms with E-state index in [4.69, 9.17) is 10.5 Å². The molecule has 2 rings (SSSR count). The van der Waals surface area contributed by atoms with E-state index in [0.29, 0.717) is 29.3 Å². The highest BCUT2D eigenvalue weighted by Gasteiger charge is 2.15. The molecular weight excluding hydrogens is 320 g/mol. The van der Waals surface area contributed by atoms with E-state index < -0.39 is 0 Å². The number of nitrogens with one attached hydrogen (secondary N) is 1. The molecule has 0 saturated carbocycles. The van der Waals surface area contributed by atoms with Crippen molar-refractivity contribution >= 4 is 33.2 Å². The Morgan fingerprint density at radius 3 is 2.75 bits per heavy atom. The number of rotatable bonds is 4. The van der Waals surface area contributed by atoms with Gasteiger partial charge in [0.05, 0.1) is 17.9 Å². The molecule has 0 aliphatic heterocycles. The molecule has 2 aromatic carbocycles. The summed E-state index contributed by atoms with van der Waals surface area (Å²) in [6, 6.07) is 12.5. The van der Waals surface area contributed by atoms with Crippen LogP contribution in [0.1, 0.15) is 17.3 Å². The predicted molar refractivity (Wildman–Crippen MR) is 84.1 cm³/mol. The lowest BCUT2D eigenvalue weighted by Gasteiger charge is -2.12. The minimum atomic E-state index is -0.251. The molecule has 0 unspecified atom stereocenters. The Balaban J connectivity index is 2.27. The molecule has 0 bridgehead atoms. The molecule has 20 heavy (non-hydrogen) atoms. The highest BCUT2D eigenvalue weighted by Crippen LogP contribution is 2.27. The van der Waals surface area contributed by atoms with Crippen molar-refractivity contribution in [1.82, 2.24) is 0 Å². The Labute approximate surface area is 126 Å². The van der Waals surface area contributed by atoms with E-state index in [0.717, 1.165) is 4.47 Å². The minimum Gasteiger partial charge on any atom is -0.491 e. The number of nitrogen functional groups attached to an aromatic ring is 1. The van der Waals surface area contributed by atoms with Gasteiger partial charge in [-0.05, 0) is 37.3 Å².